The van der Waals surface area contributed by atoms with E-state index in [0.717, 1.165) is 11.1 Å². The topological polar surface area (TPSA) is 85.4 Å². The summed E-state index contributed by atoms with van der Waals surface area (Å²) in [6, 6.07) is 4.06. The molecule has 0 bridgehead atoms. The van der Waals surface area contributed by atoms with Crippen molar-refractivity contribution < 1.29 is 14.4 Å². The van der Waals surface area contributed by atoms with Crippen molar-refractivity contribution in [3.05, 3.63) is 38.4 Å². The molecule has 1 atom stereocenters. The second kappa shape index (κ2) is 6.86. The van der Waals surface area contributed by atoms with Crippen LogP contribution in [0.4, 0.5) is 5.69 Å². The van der Waals surface area contributed by atoms with E-state index in [1.165, 1.54) is 0 Å². The van der Waals surface area contributed by atoms with Crippen LogP contribution in [-0.4, -0.2) is 24.4 Å². The molecule has 1 aromatic carbocycles. The van der Waals surface area contributed by atoms with Gasteiger partial charge in [-0.25, -0.2) is 0 Å². The van der Waals surface area contributed by atoms with Crippen molar-refractivity contribution in [3.63, 3.8) is 0 Å². The zero-order valence-corrected chi connectivity index (χ0v) is 13.1. The van der Waals surface area contributed by atoms with Crippen LogP contribution in [0.5, 0.6) is 0 Å². The Morgan fingerprint density at radius 3 is 2.55 bits per heavy atom. The highest BCUT2D eigenvalue weighted by atomic mass is 16.7. The number of hydrogen-bond acceptors (Lipinski definition) is 5. The van der Waals surface area contributed by atoms with E-state index < -0.39 is 5.92 Å². The van der Waals surface area contributed by atoms with Crippen LogP contribution in [0.25, 0.3) is 0 Å². The van der Waals surface area contributed by atoms with Crippen molar-refractivity contribution in [2.45, 2.75) is 45.8 Å². The van der Waals surface area contributed by atoms with Crippen LogP contribution in [0, 0.1) is 42.2 Å². The Labute approximate surface area is 129 Å². The third kappa shape index (κ3) is 3.26. The molecular formula is C16H20N2O4. The smallest absolute Gasteiger partial charge is 0.275 e. The SMILES string of the molecule is Cc1cc(C)c([N+](=O)[O-])c(C)c1C(C#N)CCC1OCCO1. The van der Waals surface area contributed by atoms with Gasteiger partial charge >= 0.3 is 0 Å². The monoisotopic (exact) mass is 304 g/mol. The number of rotatable bonds is 5. The maximum atomic E-state index is 11.3. The summed E-state index contributed by atoms with van der Waals surface area (Å²) < 4.78 is 10.8. The molecule has 0 N–H and O–H groups in total. The number of aryl methyl sites for hydroxylation is 2. The van der Waals surface area contributed by atoms with Gasteiger partial charge < -0.3 is 9.47 Å². The molecule has 0 amide bonds. The molecule has 6 nitrogen and oxygen atoms in total. The number of benzene rings is 1. The Morgan fingerprint density at radius 1 is 1.36 bits per heavy atom. The lowest BCUT2D eigenvalue weighted by molar-refractivity contribution is -0.386. The first-order valence-corrected chi connectivity index (χ1v) is 7.33. The number of nitriles is 1. The Bertz CT molecular complexity index is 616. The standard InChI is InChI=1S/C16H20N2O4/c1-10-8-11(2)16(18(19)20)12(3)15(10)13(9-17)4-5-14-21-6-7-22-14/h8,13-14H,4-7H2,1-3H3. The maximum Gasteiger partial charge on any atom is 0.275 e. The van der Waals surface area contributed by atoms with Gasteiger partial charge in [0.25, 0.3) is 5.69 Å². The van der Waals surface area contributed by atoms with Gasteiger partial charge in [0.2, 0.25) is 0 Å². The lowest BCUT2D eigenvalue weighted by atomic mass is 9.86. The molecule has 0 aromatic heterocycles. The molecule has 0 saturated carbocycles. The maximum absolute atomic E-state index is 11.3. The van der Waals surface area contributed by atoms with Crippen LogP contribution in [0.15, 0.2) is 6.07 Å². The number of hydrogen-bond donors (Lipinski definition) is 0. The van der Waals surface area contributed by atoms with E-state index in [-0.39, 0.29) is 16.9 Å². The van der Waals surface area contributed by atoms with Crippen molar-refractivity contribution in [1.29, 1.82) is 5.26 Å². The Hall–Kier alpha value is -1.97. The number of ether oxygens (including phenoxy) is 2. The van der Waals surface area contributed by atoms with E-state index in [9.17, 15) is 15.4 Å². The number of nitrogens with zero attached hydrogens (tertiary/aromatic N) is 2. The molecule has 1 aliphatic heterocycles. The average Bonchev–Trinajstić information content (AvgIpc) is 2.94. The molecule has 1 aromatic rings. The van der Waals surface area contributed by atoms with Gasteiger partial charge in [0.1, 0.15) is 0 Å². The van der Waals surface area contributed by atoms with Gasteiger partial charge in [-0.3, -0.25) is 10.1 Å². The van der Waals surface area contributed by atoms with E-state index in [1.807, 2.05) is 6.92 Å². The van der Waals surface area contributed by atoms with Crippen molar-refractivity contribution in [3.8, 4) is 6.07 Å². The number of nitro benzene ring substituents is 1. The van der Waals surface area contributed by atoms with Gasteiger partial charge in [0.05, 0.1) is 30.1 Å². The molecule has 0 spiro atoms. The normalized spacial score (nSPS) is 16.5. The average molecular weight is 304 g/mol. The lowest BCUT2D eigenvalue weighted by Gasteiger charge is -2.18. The largest absolute Gasteiger partial charge is 0.350 e. The van der Waals surface area contributed by atoms with E-state index in [2.05, 4.69) is 6.07 Å². The molecule has 6 heteroatoms. The molecule has 22 heavy (non-hydrogen) atoms. The summed E-state index contributed by atoms with van der Waals surface area (Å²) >= 11 is 0. The molecule has 0 radical (unpaired) electrons. The molecule has 1 aliphatic rings. The lowest BCUT2D eigenvalue weighted by Crippen LogP contribution is -2.12. The summed E-state index contributed by atoms with van der Waals surface area (Å²) in [5, 5.41) is 20.8. The fourth-order valence-corrected chi connectivity index (χ4v) is 3.16. The van der Waals surface area contributed by atoms with Gasteiger partial charge in [0.15, 0.2) is 6.29 Å². The fraction of sp³-hybridized carbons (Fsp3) is 0.562. The van der Waals surface area contributed by atoms with E-state index in [0.29, 0.717) is 37.2 Å². The summed E-state index contributed by atoms with van der Waals surface area (Å²) in [7, 11) is 0. The minimum atomic E-state index is -0.396. The molecular weight excluding hydrogens is 284 g/mol. The van der Waals surface area contributed by atoms with Crippen LogP contribution in [0.2, 0.25) is 0 Å². The zero-order chi connectivity index (χ0) is 16.3. The van der Waals surface area contributed by atoms with Crippen LogP contribution in [0.1, 0.15) is 41.0 Å². The second-order valence-corrected chi connectivity index (χ2v) is 5.58. The third-order valence-corrected chi connectivity index (χ3v) is 4.06. The summed E-state index contributed by atoms with van der Waals surface area (Å²) in [4.78, 5) is 10.9. The predicted octanol–water partition coefficient (Wildman–Crippen LogP) is 3.28. The molecule has 1 heterocycles. The highest BCUT2D eigenvalue weighted by molar-refractivity contribution is 5.56. The van der Waals surface area contributed by atoms with Crippen molar-refractivity contribution >= 4 is 5.69 Å². The Balaban J connectivity index is 2.30. The van der Waals surface area contributed by atoms with Gasteiger partial charge in [0, 0.05) is 11.1 Å². The van der Waals surface area contributed by atoms with E-state index in [1.54, 1.807) is 19.9 Å². The second-order valence-electron chi connectivity index (χ2n) is 5.58. The first kappa shape index (κ1) is 16.4. The Morgan fingerprint density at radius 2 is 2.00 bits per heavy atom. The summed E-state index contributed by atoms with van der Waals surface area (Å²) in [6.45, 7) is 6.50. The zero-order valence-electron chi connectivity index (χ0n) is 13.1. The minimum absolute atomic E-state index is 0.106. The van der Waals surface area contributed by atoms with Gasteiger partial charge in [-0.15, -0.1) is 0 Å². The first-order chi connectivity index (χ1) is 10.5. The fourth-order valence-electron chi connectivity index (χ4n) is 3.16. The van der Waals surface area contributed by atoms with E-state index >= 15 is 0 Å². The van der Waals surface area contributed by atoms with Crippen molar-refractivity contribution in [1.82, 2.24) is 0 Å². The summed E-state index contributed by atoms with van der Waals surface area (Å²) in [5.74, 6) is -0.396. The highest BCUT2D eigenvalue weighted by Gasteiger charge is 2.26. The molecule has 118 valence electrons. The predicted molar refractivity (Wildman–Crippen MR) is 80.6 cm³/mol. The van der Waals surface area contributed by atoms with Crippen LogP contribution in [-0.2, 0) is 9.47 Å². The first-order valence-electron chi connectivity index (χ1n) is 7.33. The van der Waals surface area contributed by atoms with Crippen LogP contribution in [0.3, 0.4) is 0 Å². The molecule has 1 fully saturated rings. The summed E-state index contributed by atoms with van der Waals surface area (Å²) in [6.07, 6.45) is 0.902. The highest BCUT2D eigenvalue weighted by Crippen LogP contribution is 2.35. The molecule has 0 aliphatic carbocycles. The van der Waals surface area contributed by atoms with Gasteiger partial charge in [-0.2, -0.15) is 5.26 Å². The number of nitro groups is 1. The van der Waals surface area contributed by atoms with Crippen LogP contribution < -0.4 is 0 Å². The molecule has 2 rings (SSSR count). The molecule has 1 unspecified atom stereocenters. The van der Waals surface area contributed by atoms with E-state index in [4.69, 9.17) is 9.47 Å². The quantitative estimate of drug-likeness (QED) is 0.615. The third-order valence-electron chi connectivity index (χ3n) is 4.06. The minimum Gasteiger partial charge on any atom is -0.350 e. The Kier molecular flexibility index (Phi) is 5.11. The van der Waals surface area contributed by atoms with Crippen molar-refractivity contribution in [2.24, 2.45) is 0 Å². The van der Waals surface area contributed by atoms with Crippen LogP contribution >= 0.6 is 0 Å². The van der Waals surface area contributed by atoms with Gasteiger partial charge in [-0.05, 0) is 50.8 Å². The van der Waals surface area contributed by atoms with Crippen molar-refractivity contribution in [2.75, 3.05) is 13.2 Å². The molecule has 1 saturated heterocycles. The van der Waals surface area contributed by atoms with Gasteiger partial charge in [-0.1, -0.05) is 0 Å². The summed E-state index contributed by atoms with van der Waals surface area (Å²) in [5.41, 5.74) is 3.00.